The third kappa shape index (κ3) is 2.48. The number of aromatic nitrogens is 2. The Labute approximate surface area is 141 Å². The molecule has 0 unspecified atom stereocenters. The highest BCUT2D eigenvalue weighted by Crippen LogP contribution is 2.31. The van der Waals surface area contributed by atoms with Crippen LogP contribution in [0.15, 0.2) is 40.7 Å². The molecular weight excluding hydrogens is 298 g/mol. The summed E-state index contributed by atoms with van der Waals surface area (Å²) < 4.78 is 0. The molecule has 0 amide bonds. The fourth-order valence-electron chi connectivity index (χ4n) is 3.70. The minimum atomic E-state index is 0.636. The predicted molar refractivity (Wildman–Crippen MR) is 96.3 cm³/mol. The Morgan fingerprint density at radius 3 is 2.79 bits per heavy atom. The van der Waals surface area contributed by atoms with Gasteiger partial charge < -0.3 is 9.97 Å². The SMILES string of the molecule is CCc1[nH]c(/C=C2/N=C(c3ccc[nH]3)C=C2C=O)c2c1CCCC2. The average Bonchev–Trinajstić information content (AvgIpc) is 3.33. The molecule has 0 fully saturated rings. The van der Waals surface area contributed by atoms with Crippen molar-refractivity contribution in [2.24, 2.45) is 4.99 Å². The highest BCUT2D eigenvalue weighted by Gasteiger charge is 2.21. The van der Waals surface area contributed by atoms with Crippen LogP contribution >= 0.6 is 0 Å². The lowest BCUT2D eigenvalue weighted by Gasteiger charge is -2.12. The van der Waals surface area contributed by atoms with Gasteiger partial charge in [0.2, 0.25) is 0 Å². The van der Waals surface area contributed by atoms with Gasteiger partial charge in [-0.2, -0.15) is 0 Å². The number of fused-ring (bicyclic) bond motifs is 1. The number of allylic oxidation sites excluding steroid dienone is 2. The maximum Gasteiger partial charge on any atom is 0.152 e. The van der Waals surface area contributed by atoms with Gasteiger partial charge in [-0.3, -0.25) is 4.79 Å². The number of hydrogen-bond donors (Lipinski definition) is 2. The largest absolute Gasteiger partial charge is 0.360 e. The summed E-state index contributed by atoms with van der Waals surface area (Å²) >= 11 is 0. The van der Waals surface area contributed by atoms with Gasteiger partial charge in [-0.05, 0) is 67.5 Å². The number of aryl methyl sites for hydroxylation is 1. The van der Waals surface area contributed by atoms with Crippen LogP contribution in [0.1, 0.15) is 48.0 Å². The maximum atomic E-state index is 11.5. The van der Waals surface area contributed by atoms with Gasteiger partial charge in [0.1, 0.15) is 0 Å². The molecule has 0 atom stereocenters. The van der Waals surface area contributed by atoms with Crippen LogP contribution in [0.4, 0.5) is 0 Å². The zero-order valence-electron chi connectivity index (χ0n) is 13.9. The van der Waals surface area contributed by atoms with E-state index in [1.165, 1.54) is 29.7 Å². The van der Waals surface area contributed by atoms with Gasteiger partial charge in [-0.25, -0.2) is 4.99 Å². The minimum absolute atomic E-state index is 0.636. The number of nitrogens with zero attached hydrogens (tertiary/aromatic N) is 1. The summed E-state index contributed by atoms with van der Waals surface area (Å²) in [5, 5.41) is 0. The molecule has 0 saturated heterocycles. The van der Waals surface area contributed by atoms with Crippen molar-refractivity contribution in [3.05, 3.63) is 63.9 Å². The molecule has 2 aliphatic rings. The van der Waals surface area contributed by atoms with Crippen LogP contribution in [0.5, 0.6) is 0 Å². The van der Waals surface area contributed by atoms with Crippen molar-refractivity contribution in [3.8, 4) is 0 Å². The van der Waals surface area contributed by atoms with E-state index in [-0.39, 0.29) is 0 Å². The maximum absolute atomic E-state index is 11.5. The summed E-state index contributed by atoms with van der Waals surface area (Å²) in [7, 11) is 0. The number of rotatable bonds is 4. The third-order valence-corrected chi connectivity index (χ3v) is 4.91. The summed E-state index contributed by atoms with van der Waals surface area (Å²) in [5.41, 5.74) is 8.48. The van der Waals surface area contributed by atoms with E-state index in [4.69, 9.17) is 0 Å². The first kappa shape index (κ1) is 14.9. The Bertz CT molecular complexity index is 863. The molecule has 4 nitrogen and oxygen atoms in total. The molecular formula is C20H21N3O. The van der Waals surface area contributed by atoms with E-state index in [9.17, 15) is 4.79 Å². The zero-order chi connectivity index (χ0) is 16.5. The third-order valence-electron chi connectivity index (χ3n) is 4.91. The second-order valence-corrected chi connectivity index (χ2v) is 6.36. The first-order chi connectivity index (χ1) is 11.8. The normalized spacial score (nSPS) is 18.5. The lowest BCUT2D eigenvalue weighted by atomic mass is 9.91. The molecule has 1 aliphatic heterocycles. The van der Waals surface area contributed by atoms with E-state index in [0.717, 1.165) is 48.3 Å². The van der Waals surface area contributed by atoms with Crippen molar-refractivity contribution in [2.45, 2.75) is 39.0 Å². The molecule has 0 saturated carbocycles. The standard InChI is InChI=1S/C20H21N3O/c1-2-16-14-6-3-4-7-15(14)19(22-16)11-18-13(12-24)10-20(23-18)17-8-5-9-21-17/h5,8-12,21-22H,2-4,6-7H2,1H3/b18-11+. The molecule has 0 spiro atoms. The first-order valence-corrected chi connectivity index (χ1v) is 8.64. The van der Waals surface area contributed by atoms with Gasteiger partial charge in [0, 0.05) is 23.2 Å². The summed E-state index contributed by atoms with van der Waals surface area (Å²) in [6.45, 7) is 2.19. The fraction of sp³-hybridized carbons (Fsp3) is 0.300. The van der Waals surface area contributed by atoms with Crippen LogP contribution in [0.2, 0.25) is 0 Å². The van der Waals surface area contributed by atoms with Crippen molar-refractivity contribution >= 4 is 18.1 Å². The molecule has 2 N–H and O–H groups in total. The van der Waals surface area contributed by atoms with Gasteiger partial charge in [0.05, 0.1) is 17.1 Å². The lowest BCUT2D eigenvalue weighted by molar-refractivity contribution is -0.104. The van der Waals surface area contributed by atoms with Crippen molar-refractivity contribution in [1.29, 1.82) is 0 Å². The van der Waals surface area contributed by atoms with Gasteiger partial charge in [-0.15, -0.1) is 0 Å². The fourth-order valence-corrected chi connectivity index (χ4v) is 3.70. The molecule has 0 aromatic carbocycles. The number of aldehydes is 1. The molecule has 0 radical (unpaired) electrons. The molecule has 122 valence electrons. The molecule has 4 heteroatoms. The summed E-state index contributed by atoms with van der Waals surface area (Å²) in [6, 6.07) is 3.90. The van der Waals surface area contributed by atoms with Crippen molar-refractivity contribution in [2.75, 3.05) is 0 Å². The highest BCUT2D eigenvalue weighted by molar-refractivity contribution is 6.14. The van der Waals surface area contributed by atoms with Crippen molar-refractivity contribution in [1.82, 2.24) is 9.97 Å². The number of aliphatic imine (C=N–C) groups is 1. The van der Waals surface area contributed by atoms with Crippen molar-refractivity contribution in [3.63, 3.8) is 0 Å². The summed E-state index contributed by atoms with van der Waals surface area (Å²) in [6.07, 6.45) is 12.4. The van der Waals surface area contributed by atoms with Gasteiger partial charge in [-0.1, -0.05) is 6.92 Å². The number of nitrogens with one attached hydrogen (secondary N) is 2. The number of carbonyl (C=O) groups is 1. The molecule has 24 heavy (non-hydrogen) atoms. The Morgan fingerprint density at radius 2 is 2.08 bits per heavy atom. The second kappa shape index (κ2) is 6.11. The molecule has 1 aliphatic carbocycles. The Kier molecular flexibility index (Phi) is 3.81. The Hall–Kier alpha value is -2.62. The van der Waals surface area contributed by atoms with E-state index in [1.54, 1.807) is 0 Å². The Morgan fingerprint density at radius 1 is 1.25 bits per heavy atom. The number of H-pyrrole nitrogens is 2. The first-order valence-electron chi connectivity index (χ1n) is 8.64. The summed E-state index contributed by atoms with van der Waals surface area (Å²) in [4.78, 5) is 22.8. The van der Waals surface area contributed by atoms with Crippen LogP contribution < -0.4 is 0 Å². The molecule has 0 bridgehead atoms. The minimum Gasteiger partial charge on any atom is -0.360 e. The van der Waals surface area contributed by atoms with Gasteiger partial charge in [0.15, 0.2) is 6.29 Å². The number of aromatic amines is 2. The van der Waals surface area contributed by atoms with Crippen LogP contribution in [-0.2, 0) is 24.1 Å². The van der Waals surface area contributed by atoms with E-state index >= 15 is 0 Å². The molecule has 3 heterocycles. The van der Waals surface area contributed by atoms with Crippen molar-refractivity contribution < 1.29 is 4.79 Å². The number of hydrogen-bond acceptors (Lipinski definition) is 2. The van der Waals surface area contributed by atoms with E-state index in [2.05, 4.69) is 21.9 Å². The zero-order valence-corrected chi connectivity index (χ0v) is 13.9. The van der Waals surface area contributed by atoms with Crippen LogP contribution in [0.25, 0.3) is 6.08 Å². The average molecular weight is 319 g/mol. The lowest BCUT2D eigenvalue weighted by Crippen LogP contribution is -2.02. The highest BCUT2D eigenvalue weighted by atomic mass is 16.1. The Balaban J connectivity index is 1.77. The quantitative estimate of drug-likeness (QED) is 0.828. The second-order valence-electron chi connectivity index (χ2n) is 6.36. The smallest absolute Gasteiger partial charge is 0.152 e. The van der Waals surface area contributed by atoms with E-state index < -0.39 is 0 Å². The van der Waals surface area contributed by atoms with Gasteiger partial charge in [0.25, 0.3) is 0 Å². The summed E-state index contributed by atoms with van der Waals surface area (Å²) in [5.74, 6) is 0. The van der Waals surface area contributed by atoms with E-state index in [1.807, 2.05) is 30.5 Å². The molecule has 2 aromatic heterocycles. The van der Waals surface area contributed by atoms with E-state index in [0.29, 0.717) is 5.57 Å². The molecule has 4 rings (SSSR count). The monoisotopic (exact) mass is 319 g/mol. The van der Waals surface area contributed by atoms with Crippen LogP contribution in [0.3, 0.4) is 0 Å². The molecule has 2 aromatic rings. The van der Waals surface area contributed by atoms with Crippen LogP contribution in [-0.4, -0.2) is 22.0 Å². The topological polar surface area (TPSA) is 61.0 Å². The van der Waals surface area contributed by atoms with Gasteiger partial charge >= 0.3 is 0 Å². The number of carbonyl (C=O) groups excluding carboxylic acids is 1. The predicted octanol–water partition coefficient (Wildman–Crippen LogP) is 3.75. The van der Waals surface area contributed by atoms with Crippen LogP contribution in [0, 0.1) is 0 Å².